The van der Waals surface area contributed by atoms with Gasteiger partial charge in [-0.15, -0.1) is 0 Å². The third kappa shape index (κ3) is 3.46. The van der Waals surface area contributed by atoms with Crippen LogP contribution in [0.5, 0.6) is 0 Å². The largest absolute Gasteiger partial charge is 0.320 e. The van der Waals surface area contributed by atoms with E-state index >= 15 is 0 Å². The molecule has 0 spiro atoms. The zero-order valence-electron chi connectivity index (χ0n) is 13.3. The van der Waals surface area contributed by atoms with E-state index in [9.17, 15) is 4.79 Å². The number of hydrogen-bond donors (Lipinski definition) is 0. The SMILES string of the molecule is O=c1cc(CSc2nccn2Cc2ccccn2)nc2ccccn12. The highest BCUT2D eigenvalue weighted by molar-refractivity contribution is 7.98. The van der Waals surface area contributed by atoms with E-state index in [2.05, 4.69) is 15.0 Å². The molecule has 124 valence electrons. The van der Waals surface area contributed by atoms with Gasteiger partial charge in [-0.05, 0) is 24.3 Å². The van der Waals surface area contributed by atoms with Crippen LogP contribution in [-0.2, 0) is 12.3 Å². The number of nitrogens with zero attached hydrogens (tertiary/aromatic N) is 5. The molecule has 4 aromatic rings. The molecule has 0 radical (unpaired) electrons. The molecule has 0 unspecified atom stereocenters. The van der Waals surface area contributed by atoms with E-state index in [1.54, 1.807) is 36.4 Å². The fourth-order valence-electron chi connectivity index (χ4n) is 2.54. The smallest absolute Gasteiger partial charge is 0.258 e. The van der Waals surface area contributed by atoms with Crippen molar-refractivity contribution in [3.8, 4) is 0 Å². The molecule has 0 aliphatic rings. The Balaban J connectivity index is 1.53. The van der Waals surface area contributed by atoms with Crippen molar-refractivity contribution in [1.82, 2.24) is 23.9 Å². The number of fused-ring (bicyclic) bond motifs is 1. The normalized spacial score (nSPS) is 11.0. The molecular weight excluding hydrogens is 334 g/mol. The van der Waals surface area contributed by atoms with Gasteiger partial charge in [-0.3, -0.25) is 14.2 Å². The van der Waals surface area contributed by atoms with E-state index < -0.39 is 0 Å². The minimum absolute atomic E-state index is 0.0713. The Labute approximate surface area is 148 Å². The fourth-order valence-corrected chi connectivity index (χ4v) is 3.39. The van der Waals surface area contributed by atoms with E-state index in [-0.39, 0.29) is 5.56 Å². The highest BCUT2D eigenvalue weighted by Gasteiger charge is 2.08. The molecule has 0 N–H and O–H groups in total. The minimum Gasteiger partial charge on any atom is -0.320 e. The summed E-state index contributed by atoms with van der Waals surface area (Å²) in [5.41, 5.74) is 2.30. The van der Waals surface area contributed by atoms with Gasteiger partial charge in [0, 0.05) is 36.6 Å². The van der Waals surface area contributed by atoms with Crippen molar-refractivity contribution in [1.29, 1.82) is 0 Å². The minimum atomic E-state index is -0.0713. The molecule has 0 aliphatic carbocycles. The van der Waals surface area contributed by atoms with Gasteiger partial charge in [-0.1, -0.05) is 23.9 Å². The van der Waals surface area contributed by atoms with Gasteiger partial charge in [0.25, 0.3) is 5.56 Å². The van der Waals surface area contributed by atoms with Crippen LogP contribution in [0, 0.1) is 0 Å². The molecule has 0 amide bonds. The number of rotatable bonds is 5. The Morgan fingerprint density at radius 1 is 0.960 bits per heavy atom. The maximum Gasteiger partial charge on any atom is 0.258 e. The molecule has 7 heteroatoms. The second kappa shape index (κ2) is 6.90. The van der Waals surface area contributed by atoms with Gasteiger partial charge in [-0.25, -0.2) is 9.97 Å². The average molecular weight is 349 g/mol. The average Bonchev–Trinajstić information content (AvgIpc) is 3.08. The summed E-state index contributed by atoms with van der Waals surface area (Å²) < 4.78 is 3.58. The lowest BCUT2D eigenvalue weighted by Crippen LogP contribution is -2.14. The van der Waals surface area contributed by atoms with Crippen molar-refractivity contribution < 1.29 is 0 Å². The van der Waals surface area contributed by atoms with Crippen molar-refractivity contribution in [2.45, 2.75) is 17.5 Å². The molecular formula is C18H15N5OS. The van der Waals surface area contributed by atoms with Crippen molar-refractivity contribution in [3.63, 3.8) is 0 Å². The van der Waals surface area contributed by atoms with E-state index in [1.807, 2.05) is 47.2 Å². The molecule has 0 aromatic carbocycles. The van der Waals surface area contributed by atoms with Crippen LogP contribution in [0.25, 0.3) is 5.65 Å². The number of pyridine rings is 2. The van der Waals surface area contributed by atoms with Crippen LogP contribution in [-0.4, -0.2) is 23.9 Å². The predicted molar refractivity (Wildman–Crippen MR) is 96.6 cm³/mol. The predicted octanol–water partition coefficient (Wildman–Crippen LogP) is 2.63. The lowest BCUT2D eigenvalue weighted by molar-refractivity contribution is 0.693. The first-order valence-electron chi connectivity index (χ1n) is 7.81. The van der Waals surface area contributed by atoms with Crippen molar-refractivity contribution in [2.24, 2.45) is 0 Å². The first-order valence-corrected chi connectivity index (χ1v) is 8.79. The van der Waals surface area contributed by atoms with Crippen LogP contribution in [0.3, 0.4) is 0 Å². The Morgan fingerprint density at radius 2 is 1.88 bits per heavy atom. The third-order valence-electron chi connectivity index (χ3n) is 3.71. The Bertz CT molecular complexity index is 1060. The summed E-state index contributed by atoms with van der Waals surface area (Å²) in [4.78, 5) is 25.4. The van der Waals surface area contributed by atoms with E-state index in [1.165, 1.54) is 4.40 Å². The van der Waals surface area contributed by atoms with Gasteiger partial charge < -0.3 is 4.57 Å². The van der Waals surface area contributed by atoms with Crippen LogP contribution >= 0.6 is 11.8 Å². The lowest BCUT2D eigenvalue weighted by Gasteiger charge is -2.07. The molecule has 25 heavy (non-hydrogen) atoms. The number of thioether (sulfide) groups is 1. The topological polar surface area (TPSA) is 65.1 Å². The molecule has 0 atom stereocenters. The van der Waals surface area contributed by atoms with Crippen molar-refractivity contribution in [2.75, 3.05) is 0 Å². The molecule has 4 heterocycles. The fraction of sp³-hybridized carbons (Fsp3) is 0.111. The Kier molecular flexibility index (Phi) is 4.30. The zero-order valence-corrected chi connectivity index (χ0v) is 14.1. The summed E-state index contributed by atoms with van der Waals surface area (Å²) in [5.74, 6) is 0.583. The van der Waals surface area contributed by atoms with Crippen LogP contribution in [0.1, 0.15) is 11.4 Å². The van der Waals surface area contributed by atoms with E-state index in [4.69, 9.17) is 0 Å². The molecule has 6 nitrogen and oxygen atoms in total. The van der Waals surface area contributed by atoms with Crippen molar-refractivity contribution >= 4 is 17.4 Å². The number of hydrogen-bond acceptors (Lipinski definition) is 5. The third-order valence-corrected chi connectivity index (χ3v) is 4.75. The monoisotopic (exact) mass is 349 g/mol. The second-order valence-corrected chi connectivity index (χ2v) is 6.40. The quantitative estimate of drug-likeness (QED) is 0.518. The first kappa shape index (κ1) is 15.6. The molecule has 0 saturated heterocycles. The van der Waals surface area contributed by atoms with Crippen LogP contribution < -0.4 is 5.56 Å². The lowest BCUT2D eigenvalue weighted by atomic mass is 10.3. The number of imidazole rings is 1. The second-order valence-electron chi connectivity index (χ2n) is 5.46. The van der Waals surface area contributed by atoms with Gasteiger partial charge in [0.2, 0.25) is 0 Å². The molecule has 4 rings (SSSR count). The standard InChI is InChI=1S/C18H15N5OS/c24-17-11-15(21-16-6-2-4-9-23(16)17)13-25-18-20-8-10-22(18)12-14-5-1-3-7-19-14/h1-11H,12-13H2. The van der Waals surface area contributed by atoms with Crippen LogP contribution in [0.15, 0.2) is 77.2 Å². The summed E-state index contributed by atoms with van der Waals surface area (Å²) in [6.45, 7) is 0.664. The van der Waals surface area contributed by atoms with Gasteiger partial charge >= 0.3 is 0 Å². The van der Waals surface area contributed by atoms with Gasteiger partial charge in [0.15, 0.2) is 5.16 Å². The molecule has 4 aromatic heterocycles. The summed E-state index contributed by atoms with van der Waals surface area (Å²) in [6, 6.07) is 13.0. The molecule has 0 saturated carbocycles. The van der Waals surface area contributed by atoms with Gasteiger partial charge in [-0.2, -0.15) is 0 Å². The highest BCUT2D eigenvalue weighted by Crippen LogP contribution is 2.20. The molecule has 0 aliphatic heterocycles. The molecule has 0 bridgehead atoms. The maximum absolute atomic E-state index is 12.2. The van der Waals surface area contributed by atoms with E-state index in [0.29, 0.717) is 17.9 Å². The summed E-state index contributed by atoms with van der Waals surface area (Å²) in [6.07, 6.45) is 7.21. The van der Waals surface area contributed by atoms with Crippen molar-refractivity contribution in [3.05, 3.63) is 89.0 Å². The Morgan fingerprint density at radius 3 is 2.76 bits per heavy atom. The van der Waals surface area contributed by atoms with Gasteiger partial charge in [0.1, 0.15) is 5.65 Å². The molecule has 0 fully saturated rings. The maximum atomic E-state index is 12.2. The van der Waals surface area contributed by atoms with Crippen LogP contribution in [0.4, 0.5) is 0 Å². The number of aromatic nitrogens is 5. The summed E-state index contributed by atoms with van der Waals surface area (Å²) in [5, 5.41) is 0.876. The zero-order chi connectivity index (χ0) is 17.1. The van der Waals surface area contributed by atoms with E-state index in [0.717, 1.165) is 16.5 Å². The summed E-state index contributed by atoms with van der Waals surface area (Å²) in [7, 11) is 0. The summed E-state index contributed by atoms with van der Waals surface area (Å²) >= 11 is 1.56. The Hall–Kier alpha value is -2.93. The van der Waals surface area contributed by atoms with Crippen LogP contribution in [0.2, 0.25) is 0 Å². The first-order chi connectivity index (χ1) is 12.3. The van der Waals surface area contributed by atoms with Gasteiger partial charge in [0.05, 0.1) is 17.9 Å². The highest BCUT2D eigenvalue weighted by atomic mass is 32.2.